The van der Waals surface area contributed by atoms with Gasteiger partial charge in [0.05, 0.1) is 24.6 Å². The Kier molecular flexibility index (Phi) is 5.02. The SMILES string of the molecule is COc1ccc(Cn2c(CN3CCCC3=O)nc3c[n+]([O-])c4cc(Br)ccc4c32)cc1. The van der Waals surface area contributed by atoms with Crippen molar-refractivity contribution < 1.29 is 14.3 Å². The van der Waals surface area contributed by atoms with Gasteiger partial charge in [-0.15, -0.1) is 0 Å². The third kappa shape index (κ3) is 3.61. The lowest BCUT2D eigenvalue weighted by Gasteiger charge is -2.17. The number of hydrogen-bond donors (Lipinski definition) is 0. The average molecular weight is 481 g/mol. The quantitative estimate of drug-likeness (QED) is 0.322. The number of ether oxygens (including phenoxy) is 1. The molecule has 0 bridgehead atoms. The van der Waals surface area contributed by atoms with E-state index in [9.17, 15) is 10.0 Å². The number of imidazole rings is 1. The molecular weight excluding hydrogens is 460 g/mol. The molecule has 0 radical (unpaired) electrons. The van der Waals surface area contributed by atoms with E-state index in [1.54, 1.807) is 7.11 Å². The van der Waals surface area contributed by atoms with Gasteiger partial charge in [0, 0.05) is 30.0 Å². The van der Waals surface area contributed by atoms with Crippen molar-refractivity contribution in [3.63, 3.8) is 0 Å². The lowest BCUT2D eigenvalue weighted by atomic mass is 10.1. The molecule has 5 rings (SSSR count). The standard InChI is InChI=1S/C23H21BrN4O3/c1-31-17-7-4-15(5-8-17)12-27-21(14-26-10-2-3-22(26)29)25-19-13-28(30)20-11-16(24)6-9-18(20)23(19)27/h4-9,11,13H,2-3,10,12,14H2,1H3. The molecule has 1 aliphatic rings. The van der Waals surface area contributed by atoms with E-state index in [0.717, 1.165) is 50.2 Å². The van der Waals surface area contributed by atoms with Gasteiger partial charge in [0.1, 0.15) is 11.6 Å². The molecule has 0 saturated carbocycles. The van der Waals surface area contributed by atoms with Crippen LogP contribution in [0.5, 0.6) is 5.75 Å². The van der Waals surface area contributed by atoms with Gasteiger partial charge < -0.3 is 19.4 Å². The molecule has 1 saturated heterocycles. The van der Waals surface area contributed by atoms with Crippen molar-refractivity contribution in [3.8, 4) is 5.75 Å². The number of carbonyl (C=O) groups is 1. The summed E-state index contributed by atoms with van der Waals surface area (Å²) in [6, 6.07) is 13.6. The van der Waals surface area contributed by atoms with Crippen molar-refractivity contribution in [2.75, 3.05) is 13.7 Å². The number of aromatic nitrogens is 3. The van der Waals surface area contributed by atoms with Gasteiger partial charge in [-0.1, -0.05) is 28.1 Å². The van der Waals surface area contributed by atoms with Crippen LogP contribution in [0.4, 0.5) is 0 Å². The Bertz CT molecular complexity index is 1300. The van der Waals surface area contributed by atoms with Gasteiger partial charge in [-0.3, -0.25) is 4.79 Å². The van der Waals surface area contributed by atoms with E-state index < -0.39 is 0 Å². The van der Waals surface area contributed by atoms with Gasteiger partial charge in [-0.2, -0.15) is 4.73 Å². The molecule has 1 fully saturated rings. The van der Waals surface area contributed by atoms with Crippen LogP contribution in [0, 0.1) is 5.21 Å². The summed E-state index contributed by atoms with van der Waals surface area (Å²) in [7, 11) is 1.64. The number of amides is 1. The van der Waals surface area contributed by atoms with E-state index in [1.165, 1.54) is 6.20 Å². The third-order valence-corrected chi connectivity index (χ3v) is 6.26. The van der Waals surface area contributed by atoms with E-state index in [2.05, 4.69) is 20.5 Å². The zero-order chi connectivity index (χ0) is 21.5. The van der Waals surface area contributed by atoms with Crippen molar-refractivity contribution in [3.05, 3.63) is 69.7 Å². The fraction of sp³-hybridized carbons (Fsp3) is 0.261. The first-order valence-corrected chi connectivity index (χ1v) is 10.9. The number of benzene rings is 2. The number of fused-ring (bicyclic) bond motifs is 3. The number of methoxy groups -OCH3 is 1. The van der Waals surface area contributed by atoms with Crippen LogP contribution in [0.25, 0.3) is 21.9 Å². The Morgan fingerprint density at radius 1 is 1.19 bits per heavy atom. The normalized spacial score (nSPS) is 14.1. The van der Waals surface area contributed by atoms with Crippen molar-refractivity contribution >= 4 is 43.8 Å². The van der Waals surface area contributed by atoms with Crippen molar-refractivity contribution in [1.82, 2.24) is 14.5 Å². The highest BCUT2D eigenvalue weighted by Crippen LogP contribution is 2.28. The molecule has 31 heavy (non-hydrogen) atoms. The largest absolute Gasteiger partial charge is 0.618 e. The van der Waals surface area contributed by atoms with E-state index in [-0.39, 0.29) is 5.91 Å². The number of rotatable bonds is 5. The molecule has 2 aromatic carbocycles. The number of nitrogens with zero attached hydrogens (tertiary/aromatic N) is 4. The summed E-state index contributed by atoms with van der Waals surface area (Å²) >= 11 is 3.46. The number of carbonyl (C=O) groups excluding carboxylic acids is 1. The second-order valence-corrected chi connectivity index (χ2v) is 8.65. The first-order valence-electron chi connectivity index (χ1n) is 10.1. The maximum atomic E-state index is 12.7. The smallest absolute Gasteiger partial charge is 0.227 e. The maximum Gasteiger partial charge on any atom is 0.227 e. The second-order valence-electron chi connectivity index (χ2n) is 7.73. The van der Waals surface area contributed by atoms with Crippen LogP contribution in [0.15, 0.2) is 53.1 Å². The summed E-state index contributed by atoms with van der Waals surface area (Å²) in [4.78, 5) is 18.9. The predicted octanol–water partition coefficient (Wildman–Crippen LogP) is 3.76. The minimum atomic E-state index is 0.149. The average Bonchev–Trinajstić information content (AvgIpc) is 3.32. The topological polar surface area (TPSA) is 74.3 Å². The molecule has 7 nitrogen and oxygen atoms in total. The van der Waals surface area contributed by atoms with Crippen LogP contribution in [0.2, 0.25) is 0 Å². The molecular formula is C23H21BrN4O3. The van der Waals surface area contributed by atoms with Crippen LogP contribution >= 0.6 is 15.9 Å². The molecule has 2 aromatic heterocycles. The molecule has 1 aliphatic heterocycles. The second kappa shape index (κ2) is 7.85. The predicted molar refractivity (Wildman–Crippen MR) is 121 cm³/mol. The zero-order valence-electron chi connectivity index (χ0n) is 17.0. The molecule has 3 heterocycles. The monoisotopic (exact) mass is 480 g/mol. The fourth-order valence-electron chi connectivity index (χ4n) is 4.21. The molecule has 8 heteroatoms. The molecule has 0 unspecified atom stereocenters. The van der Waals surface area contributed by atoms with Crippen molar-refractivity contribution in [2.45, 2.75) is 25.9 Å². The lowest BCUT2D eigenvalue weighted by molar-refractivity contribution is -0.575. The van der Waals surface area contributed by atoms with Crippen LogP contribution in [0.1, 0.15) is 24.2 Å². The minimum absolute atomic E-state index is 0.149. The Hall–Kier alpha value is -3.13. The number of halogens is 1. The summed E-state index contributed by atoms with van der Waals surface area (Å²) in [6.07, 6.45) is 2.97. The molecule has 0 N–H and O–H groups in total. The lowest BCUT2D eigenvalue weighted by Crippen LogP contribution is -2.26. The van der Waals surface area contributed by atoms with Gasteiger partial charge in [-0.05, 0) is 36.2 Å². The van der Waals surface area contributed by atoms with Crippen LogP contribution in [-0.2, 0) is 17.9 Å². The van der Waals surface area contributed by atoms with E-state index >= 15 is 0 Å². The van der Waals surface area contributed by atoms with E-state index in [0.29, 0.717) is 30.5 Å². The van der Waals surface area contributed by atoms with Crippen LogP contribution < -0.4 is 9.47 Å². The van der Waals surface area contributed by atoms with Gasteiger partial charge in [0.25, 0.3) is 0 Å². The molecule has 0 aliphatic carbocycles. The number of likely N-dealkylation sites (tertiary alicyclic amines) is 1. The molecule has 1 amide bonds. The highest BCUT2D eigenvalue weighted by atomic mass is 79.9. The molecule has 0 spiro atoms. The highest BCUT2D eigenvalue weighted by Gasteiger charge is 2.25. The highest BCUT2D eigenvalue weighted by molar-refractivity contribution is 9.10. The molecule has 158 valence electrons. The van der Waals surface area contributed by atoms with Gasteiger partial charge in [0.2, 0.25) is 17.6 Å². The fourth-order valence-corrected chi connectivity index (χ4v) is 4.56. The summed E-state index contributed by atoms with van der Waals surface area (Å²) in [6.45, 7) is 1.74. The third-order valence-electron chi connectivity index (χ3n) is 5.77. The Morgan fingerprint density at radius 3 is 2.71 bits per heavy atom. The summed E-state index contributed by atoms with van der Waals surface area (Å²) in [5, 5.41) is 13.5. The van der Waals surface area contributed by atoms with E-state index in [4.69, 9.17) is 9.72 Å². The Balaban J connectivity index is 1.69. The maximum absolute atomic E-state index is 12.7. The first kappa shape index (κ1) is 19.8. The van der Waals surface area contributed by atoms with E-state index in [1.807, 2.05) is 47.4 Å². The molecule has 0 atom stereocenters. The van der Waals surface area contributed by atoms with Crippen LogP contribution in [-0.4, -0.2) is 34.0 Å². The Morgan fingerprint density at radius 2 is 2.00 bits per heavy atom. The Labute approximate surface area is 187 Å². The first-order chi connectivity index (χ1) is 15.0. The minimum Gasteiger partial charge on any atom is -0.618 e. The van der Waals surface area contributed by atoms with Gasteiger partial charge in [-0.25, -0.2) is 4.98 Å². The summed E-state index contributed by atoms with van der Waals surface area (Å²) in [5.41, 5.74) is 3.17. The van der Waals surface area contributed by atoms with Crippen molar-refractivity contribution in [1.29, 1.82) is 0 Å². The van der Waals surface area contributed by atoms with Crippen LogP contribution in [0.3, 0.4) is 0 Å². The summed E-state index contributed by atoms with van der Waals surface area (Å²) in [5.74, 6) is 1.72. The zero-order valence-corrected chi connectivity index (χ0v) is 18.6. The number of pyridine rings is 1. The summed E-state index contributed by atoms with van der Waals surface area (Å²) < 4.78 is 9.10. The van der Waals surface area contributed by atoms with Crippen molar-refractivity contribution in [2.24, 2.45) is 0 Å². The molecule has 4 aromatic rings. The van der Waals surface area contributed by atoms with Gasteiger partial charge >= 0.3 is 0 Å². The number of hydrogen-bond acceptors (Lipinski definition) is 4. The van der Waals surface area contributed by atoms with Gasteiger partial charge in [0.15, 0.2) is 5.52 Å².